The quantitative estimate of drug-likeness (QED) is 0.818. The van der Waals surface area contributed by atoms with Crippen LogP contribution in [0.1, 0.15) is 18.1 Å². The van der Waals surface area contributed by atoms with Gasteiger partial charge in [0.2, 0.25) is 0 Å². The van der Waals surface area contributed by atoms with Gasteiger partial charge in [-0.1, -0.05) is 36.4 Å². The average molecular weight is 278 g/mol. The molecule has 1 aliphatic rings. The maximum absolute atomic E-state index is 5.80. The maximum atomic E-state index is 5.80. The molecule has 106 valence electrons. The van der Waals surface area contributed by atoms with Crippen LogP contribution >= 0.6 is 0 Å². The predicted molar refractivity (Wildman–Crippen MR) is 86.6 cm³/mol. The van der Waals surface area contributed by atoms with Gasteiger partial charge in [-0.3, -0.25) is 0 Å². The van der Waals surface area contributed by atoms with Gasteiger partial charge in [-0.15, -0.1) is 0 Å². The third kappa shape index (κ3) is 3.00. The van der Waals surface area contributed by atoms with Crippen molar-refractivity contribution < 1.29 is 9.47 Å². The molecular weight excluding hydrogens is 260 g/mol. The Morgan fingerprint density at radius 1 is 1.10 bits per heavy atom. The van der Waals surface area contributed by atoms with E-state index in [0.717, 1.165) is 22.6 Å². The molecule has 0 unspecified atom stereocenters. The number of rotatable bonds is 3. The first-order valence-corrected chi connectivity index (χ1v) is 7.01. The summed E-state index contributed by atoms with van der Waals surface area (Å²) in [5.74, 6) is 1.83. The zero-order chi connectivity index (χ0) is 14.7. The second-order valence-electron chi connectivity index (χ2n) is 5.10. The number of fused-ring (bicyclic) bond motifs is 1. The van der Waals surface area contributed by atoms with Crippen LogP contribution in [0.25, 0.3) is 12.2 Å². The van der Waals surface area contributed by atoms with Crippen molar-refractivity contribution in [1.29, 1.82) is 0 Å². The molecule has 0 spiro atoms. The van der Waals surface area contributed by atoms with Crippen LogP contribution in [0.2, 0.25) is 0 Å². The monoisotopic (exact) mass is 278 g/mol. The highest BCUT2D eigenvalue weighted by atomic mass is 16.5. The van der Waals surface area contributed by atoms with Crippen molar-refractivity contribution in [2.75, 3.05) is 13.7 Å². The largest absolute Gasteiger partial charge is 0.497 e. The van der Waals surface area contributed by atoms with Crippen LogP contribution in [0, 0.1) is 0 Å². The Morgan fingerprint density at radius 3 is 2.62 bits per heavy atom. The molecule has 0 saturated carbocycles. The van der Waals surface area contributed by atoms with Crippen molar-refractivity contribution >= 4 is 12.2 Å². The minimum atomic E-state index is 0.621. The van der Waals surface area contributed by atoms with Crippen molar-refractivity contribution in [3.63, 3.8) is 0 Å². The van der Waals surface area contributed by atoms with Gasteiger partial charge in [-0.05, 0) is 47.9 Å². The summed E-state index contributed by atoms with van der Waals surface area (Å²) < 4.78 is 11.0. The summed E-state index contributed by atoms with van der Waals surface area (Å²) >= 11 is 0. The highest BCUT2D eigenvalue weighted by Gasteiger charge is 2.11. The highest BCUT2D eigenvalue weighted by molar-refractivity contribution is 5.70. The standard InChI is InChI=1S/C19H18O2/c1-14(11-15-7-9-18(20-2)10-8-15)17-12-16-5-3-4-6-19(16)21-13-17/h3-12H,13H2,1-2H3. The Bertz CT molecular complexity index is 694. The molecule has 0 bridgehead atoms. The lowest BCUT2D eigenvalue weighted by atomic mass is 10.00. The van der Waals surface area contributed by atoms with Crippen LogP contribution in [0.3, 0.4) is 0 Å². The molecule has 0 aromatic heterocycles. The van der Waals surface area contributed by atoms with Gasteiger partial charge in [0.05, 0.1) is 7.11 Å². The number of para-hydroxylation sites is 1. The van der Waals surface area contributed by atoms with Gasteiger partial charge in [-0.25, -0.2) is 0 Å². The van der Waals surface area contributed by atoms with E-state index >= 15 is 0 Å². The molecule has 21 heavy (non-hydrogen) atoms. The first-order valence-electron chi connectivity index (χ1n) is 7.01. The smallest absolute Gasteiger partial charge is 0.127 e. The third-order valence-electron chi connectivity index (χ3n) is 3.64. The highest BCUT2D eigenvalue weighted by Crippen LogP contribution is 2.29. The Kier molecular flexibility index (Phi) is 3.78. The molecule has 0 atom stereocenters. The molecule has 2 aromatic rings. The van der Waals surface area contributed by atoms with Crippen molar-refractivity contribution in [3.05, 3.63) is 70.8 Å². The van der Waals surface area contributed by atoms with Crippen LogP contribution in [0.5, 0.6) is 11.5 Å². The van der Waals surface area contributed by atoms with Gasteiger partial charge in [-0.2, -0.15) is 0 Å². The molecule has 0 aliphatic carbocycles. The molecule has 3 rings (SSSR count). The van der Waals surface area contributed by atoms with E-state index in [1.54, 1.807) is 7.11 Å². The predicted octanol–water partition coefficient (Wildman–Crippen LogP) is 4.57. The fourth-order valence-electron chi connectivity index (χ4n) is 2.39. The first kappa shape index (κ1) is 13.5. The zero-order valence-electron chi connectivity index (χ0n) is 12.3. The minimum Gasteiger partial charge on any atom is -0.497 e. The fourth-order valence-corrected chi connectivity index (χ4v) is 2.39. The Morgan fingerprint density at radius 2 is 1.86 bits per heavy atom. The van der Waals surface area contributed by atoms with Crippen LogP contribution in [-0.4, -0.2) is 13.7 Å². The third-order valence-corrected chi connectivity index (χ3v) is 3.64. The van der Waals surface area contributed by atoms with Gasteiger partial charge in [0, 0.05) is 5.56 Å². The molecule has 2 aromatic carbocycles. The van der Waals surface area contributed by atoms with Crippen molar-refractivity contribution in [1.82, 2.24) is 0 Å². The zero-order valence-corrected chi connectivity index (χ0v) is 12.3. The number of ether oxygens (including phenoxy) is 2. The SMILES string of the molecule is COc1ccc(C=C(C)C2=Cc3ccccc3OC2)cc1. The summed E-state index contributed by atoms with van der Waals surface area (Å²) in [4.78, 5) is 0. The summed E-state index contributed by atoms with van der Waals surface area (Å²) in [5, 5.41) is 0. The Labute approximate surface area is 125 Å². The van der Waals surface area contributed by atoms with E-state index in [1.807, 2.05) is 30.3 Å². The molecule has 0 fully saturated rings. The van der Waals surface area contributed by atoms with E-state index in [-0.39, 0.29) is 0 Å². The Balaban J connectivity index is 1.86. The van der Waals surface area contributed by atoms with Crippen LogP contribution < -0.4 is 9.47 Å². The van der Waals surface area contributed by atoms with E-state index in [1.165, 1.54) is 11.1 Å². The number of hydrogen-bond acceptors (Lipinski definition) is 2. The summed E-state index contributed by atoms with van der Waals surface area (Å²) in [5.41, 5.74) is 4.73. The summed E-state index contributed by atoms with van der Waals surface area (Å²) in [7, 11) is 1.68. The molecule has 0 radical (unpaired) electrons. The summed E-state index contributed by atoms with van der Waals surface area (Å²) in [6.45, 7) is 2.74. The lowest BCUT2D eigenvalue weighted by Gasteiger charge is -2.18. The van der Waals surface area contributed by atoms with Gasteiger partial charge in [0.15, 0.2) is 0 Å². The molecule has 0 N–H and O–H groups in total. The normalized spacial score (nSPS) is 14.0. The van der Waals surface area contributed by atoms with E-state index < -0.39 is 0 Å². The van der Waals surface area contributed by atoms with Crippen LogP contribution in [-0.2, 0) is 0 Å². The molecule has 0 amide bonds. The number of benzene rings is 2. The first-order chi connectivity index (χ1) is 10.3. The van der Waals surface area contributed by atoms with E-state index in [0.29, 0.717) is 6.61 Å². The number of methoxy groups -OCH3 is 1. The molecule has 1 heterocycles. The summed E-state index contributed by atoms with van der Waals surface area (Å²) in [6, 6.07) is 16.2. The van der Waals surface area contributed by atoms with E-state index in [4.69, 9.17) is 9.47 Å². The average Bonchev–Trinajstić information content (AvgIpc) is 2.55. The van der Waals surface area contributed by atoms with Crippen molar-refractivity contribution in [2.45, 2.75) is 6.92 Å². The van der Waals surface area contributed by atoms with Crippen molar-refractivity contribution in [3.8, 4) is 11.5 Å². The van der Waals surface area contributed by atoms with Gasteiger partial charge >= 0.3 is 0 Å². The fraction of sp³-hybridized carbons (Fsp3) is 0.158. The maximum Gasteiger partial charge on any atom is 0.127 e. The lowest BCUT2D eigenvalue weighted by molar-refractivity contribution is 0.349. The molecule has 2 heteroatoms. The molecule has 0 saturated heterocycles. The summed E-state index contributed by atoms with van der Waals surface area (Å²) in [6.07, 6.45) is 4.37. The lowest BCUT2D eigenvalue weighted by Crippen LogP contribution is -2.07. The molecular formula is C19H18O2. The van der Waals surface area contributed by atoms with Gasteiger partial charge in [0.25, 0.3) is 0 Å². The number of hydrogen-bond donors (Lipinski definition) is 0. The van der Waals surface area contributed by atoms with E-state index in [2.05, 4.69) is 37.3 Å². The van der Waals surface area contributed by atoms with Crippen LogP contribution in [0.15, 0.2) is 59.7 Å². The second kappa shape index (κ2) is 5.88. The minimum absolute atomic E-state index is 0.621. The Hall–Kier alpha value is -2.48. The van der Waals surface area contributed by atoms with Crippen molar-refractivity contribution in [2.24, 2.45) is 0 Å². The topological polar surface area (TPSA) is 18.5 Å². The van der Waals surface area contributed by atoms with E-state index in [9.17, 15) is 0 Å². The molecule has 2 nitrogen and oxygen atoms in total. The second-order valence-corrected chi connectivity index (χ2v) is 5.10. The van der Waals surface area contributed by atoms with Gasteiger partial charge < -0.3 is 9.47 Å². The molecule has 1 aliphatic heterocycles. The van der Waals surface area contributed by atoms with Gasteiger partial charge in [0.1, 0.15) is 18.1 Å². The van der Waals surface area contributed by atoms with Crippen LogP contribution in [0.4, 0.5) is 0 Å².